The molecule has 0 aromatic heterocycles. The van der Waals surface area contributed by atoms with Crippen LogP contribution < -0.4 is 10.1 Å². The number of methoxy groups -OCH3 is 1. The third kappa shape index (κ3) is 4.59. The van der Waals surface area contributed by atoms with Crippen LogP contribution in [0.2, 0.25) is 5.02 Å². The molecule has 0 saturated heterocycles. The molecule has 2 aromatic rings. The number of ketones is 1. The number of anilines is 1. The van der Waals surface area contributed by atoms with Crippen molar-refractivity contribution in [3.8, 4) is 5.75 Å². The van der Waals surface area contributed by atoms with Crippen molar-refractivity contribution in [1.82, 2.24) is 0 Å². The minimum Gasteiger partial charge on any atom is -0.495 e. The quantitative estimate of drug-likeness (QED) is 0.780. The third-order valence-corrected chi connectivity index (χ3v) is 4.11. The van der Waals surface area contributed by atoms with Crippen molar-refractivity contribution in [2.24, 2.45) is 0 Å². The van der Waals surface area contributed by atoms with Gasteiger partial charge in [0.25, 0.3) is 0 Å². The molecule has 0 saturated carbocycles. The van der Waals surface area contributed by atoms with Crippen LogP contribution in [-0.4, -0.2) is 18.8 Å². The summed E-state index contributed by atoms with van der Waals surface area (Å²) in [7, 11) is 1.51. The van der Waals surface area contributed by atoms with Gasteiger partial charge in [0.15, 0.2) is 5.78 Å². The van der Waals surface area contributed by atoms with E-state index in [0.29, 0.717) is 22.0 Å². The summed E-state index contributed by atoms with van der Waals surface area (Å²) in [6, 6.07) is 10.7. The molecule has 0 unspecified atom stereocenters. The van der Waals surface area contributed by atoms with Gasteiger partial charge in [-0.1, -0.05) is 41.4 Å². The molecule has 0 radical (unpaired) electrons. The van der Waals surface area contributed by atoms with Gasteiger partial charge < -0.3 is 10.1 Å². The van der Waals surface area contributed by atoms with Crippen molar-refractivity contribution >= 4 is 29.0 Å². The highest BCUT2D eigenvalue weighted by atomic mass is 35.5. The van der Waals surface area contributed by atoms with Crippen LogP contribution >= 0.6 is 11.6 Å². The lowest BCUT2D eigenvalue weighted by Gasteiger charge is -2.12. The van der Waals surface area contributed by atoms with Crippen LogP contribution in [-0.2, 0) is 4.79 Å². The normalized spacial score (nSPS) is 10.3. The van der Waals surface area contributed by atoms with E-state index in [-0.39, 0.29) is 24.5 Å². The fourth-order valence-corrected chi connectivity index (χ4v) is 2.41. The van der Waals surface area contributed by atoms with Crippen LogP contribution in [0.15, 0.2) is 36.4 Å². The molecule has 0 heterocycles. The Bertz CT molecular complexity index is 754. The first-order valence-corrected chi connectivity index (χ1v) is 8.02. The molecule has 1 amide bonds. The van der Waals surface area contributed by atoms with Crippen LogP contribution in [0.4, 0.5) is 5.69 Å². The summed E-state index contributed by atoms with van der Waals surface area (Å²) in [4.78, 5) is 24.2. The molecule has 0 aliphatic rings. The Hall–Kier alpha value is -2.33. The first kappa shape index (κ1) is 18.0. The summed E-state index contributed by atoms with van der Waals surface area (Å²) >= 11 is 6.05. The molecule has 0 bridgehead atoms. The van der Waals surface area contributed by atoms with Crippen LogP contribution in [0.5, 0.6) is 5.75 Å². The highest BCUT2D eigenvalue weighted by Crippen LogP contribution is 2.31. The summed E-state index contributed by atoms with van der Waals surface area (Å²) < 4.78 is 5.22. The summed E-state index contributed by atoms with van der Waals surface area (Å²) in [6.07, 6.45) is 0.265. The smallest absolute Gasteiger partial charge is 0.224 e. The van der Waals surface area contributed by atoms with E-state index in [0.717, 1.165) is 11.1 Å². The van der Waals surface area contributed by atoms with Gasteiger partial charge in [-0.3, -0.25) is 9.59 Å². The van der Waals surface area contributed by atoms with E-state index >= 15 is 0 Å². The van der Waals surface area contributed by atoms with Gasteiger partial charge in [0.05, 0.1) is 12.8 Å². The maximum Gasteiger partial charge on any atom is 0.224 e. The Morgan fingerprint density at radius 2 is 1.75 bits per heavy atom. The van der Waals surface area contributed by atoms with Gasteiger partial charge in [-0.05, 0) is 25.5 Å². The fourth-order valence-electron chi connectivity index (χ4n) is 2.25. The molecule has 0 spiro atoms. The lowest BCUT2D eigenvalue weighted by atomic mass is 10.0. The lowest BCUT2D eigenvalue weighted by molar-refractivity contribution is -0.116. The molecule has 0 aliphatic heterocycles. The zero-order valence-corrected chi connectivity index (χ0v) is 14.7. The van der Waals surface area contributed by atoms with Crippen molar-refractivity contribution < 1.29 is 14.3 Å². The number of carbonyl (C=O) groups excluding carboxylic acids is 2. The highest BCUT2D eigenvalue weighted by Gasteiger charge is 2.13. The van der Waals surface area contributed by atoms with Gasteiger partial charge in [0, 0.05) is 29.5 Å². The van der Waals surface area contributed by atoms with Crippen LogP contribution in [0, 0.1) is 13.8 Å². The van der Waals surface area contributed by atoms with E-state index < -0.39 is 0 Å². The SMILES string of the molecule is COc1cc(Cl)c(C)cc1NC(=O)CCC(=O)c1ccc(C)cc1. The van der Waals surface area contributed by atoms with E-state index in [1.807, 2.05) is 26.0 Å². The predicted octanol–water partition coefficient (Wildman–Crippen LogP) is 4.57. The van der Waals surface area contributed by atoms with E-state index in [1.165, 1.54) is 7.11 Å². The van der Waals surface area contributed by atoms with E-state index in [1.54, 1.807) is 24.3 Å². The number of aryl methyl sites for hydroxylation is 2. The first-order valence-electron chi connectivity index (χ1n) is 7.64. The topological polar surface area (TPSA) is 55.4 Å². The molecule has 0 aliphatic carbocycles. The number of benzene rings is 2. The Balaban J connectivity index is 1.97. The average molecular weight is 346 g/mol. The van der Waals surface area contributed by atoms with Gasteiger partial charge in [-0.15, -0.1) is 0 Å². The standard InChI is InChI=1S/C19H20ClNO3/c1-12-4-6-14(7-5-12)17(22)8-9-19(23)21-16-10-13(2)15(20)11-18(16)24-3/h4-7,10-11H,8-9H2,1-3H3,(H,21,23). The lowest BCUT2D eigenvalue weighted by Crippen LogP contribution is -2.14. The average Bonchev–Trinajstić information content (AvgIpc) is 2.56. The van der Waals surface area contributed by atoms with Crippen molar-refractivity contribution in [1.29, 1.82) is 0 Å². The maximum atomic E-state index is 12.1. The Morgan fingerprint density at radius 3 is 2.38 bits per heavy atom. The molecule has 24 heavy (non-hydrogen) atoms. The minimum absolute atomic E-state index is 0.0515. The Kier molecular flexibility index (Phi) is 5.99. The van der Waals surface area contributed by atoms with Crippen LogP contribution in [0.25, 0.3) is 0 Å². The molecular weight excluding hydrogens is 326 g/mol. The zero-order chi connectivity index (χ0) is 17.7. The van der Waals surface area contributed by atoms with Gasteiger partial charge in [0.2, 0.25) is 5.91 Å². The van der Waals surface area contributed by atoms with E-state index in [4.69, 9.17) is 16.3 Å². The summed E-state index contributed by atoms with van der Waals surface area (Å²) in [5, 5.41) is 3.34. The van der Waals surface area contributed by atoms with E-state index in [2.05, 4.69) is 5.32 Å². The summed E-state index contributed by atoms with van der Waals surface area (Å²) in [5.74, 6) is 0.198. The highest BCUT2D eigenvalue weighted by molar-refractivity contribution is 6.31. The van der Waals surface area contributed by atoms with Crippen molar-refractivity contribution in [2.45, 2.75) is 26.7 Å². The largest absolute Gasteiger partial charge is 0.495 e. The predicted molar refractivity (Wildman–Crippen MR) is 96.1 cm³/mol. The molecular formula is C19H20ClNO3. The molecule has 0 atom stereocenters. The van der Waals surface area contributed by atoms with Crippen molar-refractivity contribution in [3.05, 3.63) is 58.1 Å². The first-order chi connectivity index (χ1) is 11.4. The van der Waals surface area contributed by atoms with Crippen LogP contribution in [0.3, 0.4) is 0 Å². The Morgan fingerprint density at radius 1 is 1.08 bits per heavy atom. The number of carbonyl (C=O) groups is 2. The van der Waals surface area contributed by atoms with Crippen LogP contribution in [0.1, 0.15) is 34.3 Å². The number of nitrogens with one attached hydrogen (secondary N) is 1. The van der Waals surface area contributed by atoms with Gasteiger partial charge >= 0.3 is 0 Å². The summed E-state index contributed by atoms with van der Waals surface area (Å²) in [6.45, 7) is 3.81. The second-order valence-electron chi connectivity index (χ2n) is 5.64. The maximum absolute atomic E-state index is 12.1. The van der Waals surface area contributed by atoms with Gasteiger partial charge in [0.1, 0.15) is 5.75 Å². The van der Waals surface area contributed by atoms with Crippen molar-refractivity contribution in [3.63, 3.8) is 0 Å². The zero-order valence-electron chi connectivity index (χ0n) is 14.0. The minimum atomic E-state index is -0.240. The molecule has 4 nitrogen and oxygen atoms in total. The Labute approximate surface area is 146 Å². The number of amides is 1. The number of Topliss-reactive ketones (excluding diaryl/α,β-unsaturated/α-hetero) is 1. The molecule has 2 aromatic carbocycles. The molecule has 126 valence electrons. The van der Waals surface area contributed by atoms with Gasteiger partial charge in [-0.2, -0.15) is 0 Å². The molecule has 1 N–H and O–H groups in total. The third-order valence-electron chi connectivity index (χ3n) is 3.71. The van der Waals surface area contributed by atoms with E-state index in [9.17, 15) is 9.59 Å². The number of ether oxygens (including phenoxy) is 1. The number of hydrogen-bond donors (Lipinski definition) is 1. The molecule has 5 heteroatoms. The molecule has 2 rings (SSSR count). The second-order valence-corrected chi connectivity index (χ2v) is 6.05. The van der Waals surface area contributed by atoms with Crippen molar-refractivity contribution in [2.75, 3.05) is 12.4 Å². The second kappa shape index (κ2) is 7.97. The number of halogens is 1. The number of hydrogen-bond acceptors (Lipinski definition) is 3. The summed E-state index contributed by atoms with van der Waals surface area (Å²) in [5.41, 5.74) is 3.10. The monoisotopic (exact) mass is 345 g/mol. The molecule has 0 fully saturated rings. The van der Waals surface area contributed by atoms with Gasteiger partial charge in [-0.25, -0.2) is 0 Å². The fraction of sp³-hybridized carbons (Fsp3) is 0.263. The number of rotatable bonds is 6.